The Labute approximate surface area is 110 Å². The van der Waals surface area contributed by atoms with Crippen LogP contribution in [0.4, 0.5) is 0 Å². The van der Waals surface area contributed by atoms with Crippen LogP contribution in [0.5, 0.6) is 5.75 Å². The molecule has 0 atom stereocenters. The minimum Gasteiger partial charge on any atom is -0.494 e. The van der Waals surface area contributed by atoms with Gasteiger partial charge in [0.15, 0.2) is 0 Å². The molecule has 1 rings (SSSR count). The van der Waals surface area contributed by atoms with E-state index < -0.39 is 0 Å². The first-order valence-electron chi connectivity index (χ1n) is 6.57. The van der Waals surface area contributed by atoms with E-state index in [1.54, 1.807) is 0 Å². The molecule has 0 N–H and O–H groups in total. The second-order valence-electron chi connectivity index (χ2n) is 4.69. The van der Waals surface area contributed by atoms with Gasteiger partial charge in [-0.3, -0.25) is 4.79 Å². The SMILES string of the molecule is CCCCOc1ccc(C=C(C=O)C(C)C)cc1. The second-order valence-corrected chi connectivity index (χ2v) is 4.69. The summed E-state index contributed by atoms with van der Waals surface area (Å²) in [5.74, 6) is 1.14. The molecule has 0 heterocycles. The second kappa shape index (κ2) is 7.70. The molecular formula is C16H22O2. The first kappa shape index (κ1) is 14.5. The summed E-state index contributed by atoms with van der Waals surface area (Å²) in [5.41, 5.74) is 1.85. The van der Waals surface area contributed by atoms with Gasteiger partial charge in [-0.1, -0.05) is 39.3 Å². The van der Waals surface area contributed by atoms with E-state index in [1.807, 2.05) is 44.2 Å². The molecule has 0 radical (unpaired) electrons. The molecule has 0 bridgehead atoms. The van der Waals surface area contributed by atoms with Gasteiger partial charge >= 0.3 is 0 Å². The zero-order valence-electron chi connectivity index (χ0n) is 11.5. The summed E-state index contributed by atoms with van der Waals surface area (Å²) < 4.78 is 5.59. The van der Waals surface area contributed by atoms with Gasteiger partial charge in [0.25, 0.3) is 0 Å². The average molecular weight is 246 g/mol. The molecule has 2 heteroatoms. The summed E-state index contributed by atoms with van der Waals surface area (Å²) in [5, 5.41) is 0. The number of hydrogen-bond donors (Lipinski definition) is 0. The quantitative estimate of drug-likeness (QED) is 0.411. The Morgan fingerprint density at radius 2 is 1.94 bits per heavy atom. The van der Waals surface area contributed by atoms with E-state index in [2.05, 4.69) is 6.92 Å². The molecule has 0 amide bonds. The van der Waals surface area contributed by atoms with E-state index >= 15 is 0 Å². The number of rotatable bonds is 7. The van der Waals surface area contributed by atoms with Crippen LogP contribution >= 0.6 is 0 Å². The third-order valence-electron chi connectivity index (χ3n) is 2.78. The number of aldehydes is 1. The van der Waals surface area contributed by atoms with Gasteiger partial charge in [0.05, 0.1) is 6.61 Å². The summed E-state index contributed by atoms with van der Waals surface area (Å²) in [7, 11) is 0. The number of unbranched alkanes of at least 4 members (excludes halogenated alkanes) is 1. The van der Waals surface area contributed by atoms with Crippen LogP contribution in [0.2, 0.25) is 0 Å². The Kier molecular flexibility index (Phi) is 6.20. The fourth-order valence-corrected chi connectivity index (χ4v) is 1.52. The Morgan fingerprint density at radius 1 is 1.28 bits per heavy atom. The van der Waals surface area contributed by atoms with Crippen LogP contribution in [0.15, 0.2) is 29.8 Å². The largest absolute Gasteiger partial charge is 0.494 e. The van der Waals surface area contributed by atoms with Crippen LogP contribution in [0.25, 0.3) is 6.08 Å². The Bertz CT molecular complexity index is 388. The van der Waals surface area contributed by atoms with Gasteiger partial charge in [-0.05, 0) is 41.7 Å². The highest BCUT2D eigenvalue weighted by atomic mass is 16.5. The van der Waals surface area contributed by atoms with Crippen molar-refractivity contribution in [3.63, 3.8) is 0 Å². The highest BCUT2D eigenvalue weighted by molar-refractivity contribution is 5.82. The molecule has 2 nitrogen and oxygen atoms in total. The van der Waals surface area contributed by atoms with E-state index in [0.717, 1.165) is 42.6 Å². The van der Waals surface area contributed by atoms with Crippen molar-refractivity contribution in [2.45, 2.75) is 33.6 Å². The number of hydrogen-bond acceptors (Lipinski definition) is 2. The first-order valence-corrected chi connectivity index (χ1v) is 6.57. The van der Waals surface area contributed by atoms with Crippen LogP contribution in [0, 0.1) is 5.92 Å². The predicted octanol–water partition coefficient (Wildman–Crippen LogP) is 4.10. The molecule has 0 aliphatic heterocycles. The maximum atomic E-state index is 10.9. The molecule has 18 heavy (non-hydrogen) atoms. The Balaban J connectivity index is 2.67. The van der Waals surface area contributed by atoms with Crippen molar-refractivity contribution in [3.05, 3.63) is 35.4 Å². The van der Waals surface area contributed by atoms with Crippen molar-refractivity contribution >= 4 is 12.4 Å². The minimum atomic E-state index is 0.253. The zero-order valence-corrected chi connectivity index (χ0v) is 11.5. The molecule has 0 aliphatic carbocycles. The normalized spacial score (nSPS) is 11.7. The van der Waals surface area contributed by atoms with Gasteiger partial charge in [0.1, 0.15) is 12.0 Å². The Hall–Kier alpha value is -1.57. The molecule has 0 aliphatic rings. The number of ether oxygens (including phenoxy) is 1. The van der Waals surface area contributed by atoms with Crippen molar-refractivity contribution < 1.29 is 9.53 Å². The van der Waals surface area contributed by atoms with Crippen LogP contribution < -0.4 is 4.74 Å². The van der Waals surface area contributed by atoms with Gasteiger partial charge in [0.2, 0.25) is 0 Å². The molecule has 0 fully saturated rings. The first-order chi connectivity index (χ1) is 8.67. The molecule has 98 valence electrons. The van der Waals surface area contributed by atoms with Gasteiger partial charge in [-0.2, -0.15) is 0 Å². The fraction of sp³-hybridized carbons (Fsp3) is 0.438. The third-order valence-corrected chi connectivity index (χ3v) is 2.78. The molecule has 0 spiro atoms. The summed E-state index contributed by atoms with van der Waals surface area (Å²) in [4.78, 5) is 10.9. The zero-order chi connectivity index (χ0) is 13.4. The number of carbonyl (C=O) groups excluding carboxylic acids is 1. The molecule has 1 aromatic rings. The van der Waals surface area contributed by atoms with Crippen LogP contribution in [-0.2, 0) is 4.79 Å². The van der Waals surface area contributed by atoms with Gasteiger partial charge in [0, 0.05) is 0 Å². The van der Waals surface area contributed by atoms with E-state index in [0.29, 0.717) is 0 Å². The van der Waals surface area contributed by atoms with Crippen molar-refractivity contribution in [1.82, 2.24) is 0 Å². The number of benzene rings is 1. The topological polar surface area (TPSA) is 26.3 Å². The lowest BCUT2D eigenvalue weighted by molar-refractivity contribution is -0.105. The average Bonchev–Trinajstić information content (AvgIpc) is 2.37. The van der Waals surface area contributed by atoms with Gasteiger partial charge in [-0.25, -0.2) is 0 Å². The van der Waals surface area contributed by atoms with Gasteiger partial charge in [-0.15, -0.1) is 0 Å². The number of allylic oxidation sites excluding steroid dienone is 1. The van der Waals surface area contributed by atoms with Crippen LogP contribution in [0.1, 0.15) is 39.2 Å². The molecule has 0 aromatic heterocycles. The monoisotopic (exact) mass is 246 g/mol. The van der Waals surface area contributed by atoms with E-state index in [4.69, 9.17) is 4.74 Å². The summed E-state index contributed by atoms with van der Waals surface area (Å²) >= 11 is 0. The van der Waals surface area contributed by atoms with Crippen molar-refractivity contribution in [1.29, 1.82) is 0 Å². The molecule has 0 saturated heterocycles. The van der Waals surface area contributed by atoms with Crippen LogP contribution in [-0.4, -0.2) is 12.9 Å². The maximum Gasteiger partial charge on any atom is 0.146 e. The lowest BCUT2D eigenvalue weighted by Gasteiger charge is -2.06. The highest BCUT2D eigenvalue weighted by Gasteiger charge is 2.01. The third kappa shape index (κ3) is 4.74. The summed E-state index contributed by atoms with van der Waals surface area (Å²) in [6, 6.07) is 7.86. The van der Waals surface area contributed by atoms with Crippen molar-refractivity contribution in [2.24, 2.45) is 5.92 Å². The lowest BCUT2D eigenvalue weighted by atomic mass is 10.0. The maximum absolute atomic E-state index is 10.9. The van der Waals surface area contributed by atoms with E-state index in [9.17, 15) is 4.79 Å². The summed E-state index contributed by atoms with van der Waals surface area (Å²) in [6.07, 6.45) is 5.06. The van der Waals surface area contributed by atoms with E-state index in [-0.39, 0.29) is 5.92 Å². The molecule has 0 unspecified atom stereocenters. The van der Waals surface area contributed by atoms with Crippen molar-refractivity contribution in [2.75, 3.05) is 6.61 Å². The summed E-state index contributed by atoms with van der Waals surface area (Å²) in [6.45, 7) is 6.94. The van der Waals surface area contributed by atoms with Crippen molar-refractivity contribution in [3.8, 4) is 5.75 Å². The minimum absolute atomic E-state index is 0.253. The number of carbonyl (C=O) groups is 1. The molecule has 1 aromatic carbocycles. The highest BCUT2D eigenvalue weighted by Crippen LogP contribution is 2.17. The van der Waals surface area contributed by atoms with Gasteiger partial charge < -0.3 is 4.74 Å². The standard InChI is InChI=1S/C16H22O2/c1-4-5-10-18-16-8-6-14(7-9-16)11-15(12-17)13(2)3/h6-9,11-13H,4-5,10H2,1-3H3. The fourth-order valence-electron chi connectivity index (χ4n) is 1.52. The Morgan fingerprint density at radius 3 is 2.44 bits per heavy atom. The predicted molar refractivity (Wildman–Crippen MR) is 75.7 cm³/mol. The smallest absolute Gasteiger partial charge is 0.146 e. The van der Waals surface area contributed by atoms with E-state index in [1.165, 1.54) is 0 Å². The molecular weight excluding hydrogens is 224 g/mol. The lowest BCUT2D eigenvalue weighted by Crippen LogP contribution is -1.96. The molecule has 0 saturated carbocycles. The van der Waals surface area contributed by atoms with Crippen LogP contribution in [0.3, 0.4) is 0 Å².